The van der Waals surface area contributed by atoms with Gasteiger partial charge in [-0.15, -0.1) is 7.05 Å². The van der Waals surface area contributed by atoms with E-state index >= 15 is 0 Å². The molecule has 3 rings (SSSR count). The van der Waals surface area contributed by atoms with Crippen molar-refractivity contribution in [3.05, 3.63) is 73.2 Å². The molecule has 0 saturated heterocycles. The predicted octanol–water partition coefficient (Wildman–Crippen LogP) is 3.03. The van der Waals surface area contributed by atoms with Crippen molar-refractivity contribution in [1.29, 1.82) is 0 Å². The van der Waals surface area contributed by atoms with Gasteiger partial charge in [0.1, 0.15) is 0 Å². The summed E-state index contributed by atoms with van der Waals surface area (Å²) < 4.78 is 1.65. The Balaban J connectivity index is 0.000000258. The molecule has 0 unspecified atom stereocenters. The second-order valence-electron chi connectivity index (χ2n) is 4.57. The van der Waals surface area contributed by atoms with Crippen LogP contribution in [-0.2, 0) is 32.7 Å². The van der Waals surface area contributed by atoms with Gasteiger partial charge in [0, 0.05) is 57.3 Å². The standard InChI is InChI=1S/C11H11N2O.C6H7N.Y/c1-12-11(14)10-7-8-5-3-4-6-9(8)13(10)2;1-6-4-2-3-5-7-6;/h3-7H,2H2,1H3,(H,12,14);2-5H,1H3;/q-1;;. The number of nitrogens with one attached hydrogen (secondary N) is 1. The summed E-state index contributed by atoms with van der Waals surface area (Å²) in [6, 6.07) is 15.5. The fraction of sp³-hybridized carbons (Fsp3) is 0.118. The first-order chi connectivity index (χ1) is 10.1. The third-order valence-corrected chi connectivity index (χ3v) is 3.08. The van der Waals surface area contributed by atoms with E-state index in [-0.39, 0.29) is 38.6 Å². The Morgan fingerprint density at radius 1 is 1.18 bits per heavy atom. The van der Waals surface area contributed by atoms with Crippen molar-refractivity contribution in [2.24, 2.45) is 0 Å². The summed E-state index contributed by atoms with van der Waals surface area (Å²) in [5.41, 5.74) is 2.61. The van der Waals surface area contributed by atoms with Crippen molar-refractivity contribution in [2.45, 2.75) is 6.92 Å². The summed E-state index contributed by atoms with van der Waals surface area (Å²) in [6.07, 6.45) is 1.79. The van der Waals surface area contributed by atoms with Gasteiger partial charge in [-0.05, 0) is 19.1 Å². The van der Waals surface area contributed by atoms with Crippen LogP contribution in [0.4, 0.5) is 0 Å². The van der Waals surface area contributed by atoms with Crippen LogP contribution in [0.1, 0.15) is 16.2 Å². The van der Waals surface area contributed by atoms with Crippen molar-refractivity contribution < 1.29 is 37.5 Å². The molecule has 0 aliphatic carbocycles. The van der Waals surface area contributed by atoms with E-state index in [2.05, 4.69) is 17.3 Å². The summed E-state index contributed by atoms with van der Waals surface area (Å²) in [6.45, 7) is 1.97. The van der Waals surface area contributed by atoms with Crippen LogP contribution >= 0.6 is 0 Å². The van der Waals surface area contributed by atoms with Crippen molar-refractivity contribution in [3.8, 4) is 0 Å². The number of hydrogen-bond acceptors (Lipinski definition) is 2. The first-order valence-electron chi connectivity index (χ1n) is 6.64. The number of aromatic nitrogens is 2. The number of carbonyl (C=O) groups excluding carboxylic acids is 1. The zero-order valence-corrected chi connectivity index (χ0v) is 15.6. The Bertz CT molecular complexity index is 738. The first kappa shape index (κ1) is 18.4. The number of aryl methyl sites for hydroxylation is 1. The molecular formula is C17H18N3OY-. The van der Waals surface area contributed by atoms with Gasteiger partial charge in [0.15, 0.2) is 0 Å². The SMILES string of the molecule is Cc1ccccn1.[CH2-]n1c(C(=O)NC)cc2ccccc21.[Y]. The Morgan fingerprint density at radius 3 is 2.36 bits per heavy atom. The van der Waals surface area contributed by atoms with Crippen LogP contribution < -0.4 is 5.32 Å². The molecule has 1 amide bonds. The summed E-state index contributed by atoms with van der Waals surface area (Å²) in [7, 11) is 5.44. The number of hydrogen-bond donors (Lipinski definition) is 1. The van der Waals surface area contributed by atoms with E-state index in [1.54, 1.807) is 17.8 Å². The normalized spacial score (nSPS) is 9.36. The van der Waals surface area contributed by atoms with Crippen LogP contribution in [0.2, 0.25) is 0 Å². The molecule has 0 fully saturated rings. The van der Waals surface area contributed by atoms with Gasteiger partial charge in [0.25, 0.3) is 0 Å². The first-order valence-corrected chi connectivity index (χ1v) is 6.64. The van der Waals surface area contributed by atoms with E-state index < -0.39 is 0 Å². The van der Waals surface area contributed by atoms with Crippen LogP contribution in [0.15, 0.2) is 54.7 Å². The van der Waals surface area contributed by atoms with Gasteiger partial charge >= 0.3 is 0 Å². The summed E-state index contributed by atoms with van der Waals surface area (Å²) >= 11 is 0. The maximum atomic E-state index is 11.4. The van der Waals surface area contributed by atoms with Crippen molar-refractivity contribution in [3.63, 3.8) is 0 Å². The summed E-state index contributed by atoms with van der Waals surface area (Å²) in [5.74, 6) is -0.115. The fourth-order valence-electron chi connectivity index (χ4n) is 1.97. The number of fused-ring (bicyclic) bond motifs is 1. The Hall–Kier alpha value is -1.65. The minimum absolute atomic E-state index is 0. The molecule has 111 valence electrons. The molecule has 1 N–H and O–H groups in total. The summed E-state index contributed by atoms with van der Waals surface area (Å²) in [5, 5.41) is 3.61. The number of amides is 1. The molecule has 1 radical (unpaired) electrons. The van der Waals surface area contributed by atoms with Crippen molar-refractivity contribution in [2.75, 3.05) is 7.05 Å². The van der Waals surface area contributed by atoms with Crippen LogP contribution in [0.5, 0.6) is 0 Å². The van der Waals surface area contributed by atoms with E-state index in [0.717, 1.165) is 16.6 Å². The van der Waals surface area contributed by atoms with Gasteiger partial charge in [0.2, 0.25) is 5.91 Å². The Morgan fingerprint density at radius 2 is 1.86 bits per heavy atom. The Kier molecular flexibility index (Phi) is 7.29. The van der Waals surface area contributed by atoms with E-state index in [4.69, 9.17) is 0 Å². The quantitative estimate of drug-likeness (QED) is 0.671. The van der Waals surface area contributed by atoms with Crippen LogP contribution in [0.25, 0.3) is 10.9 Å². The zero-order valence-electron chi connectivity index (χ0n) is 12.8. The second-order valence-corrected chi connectivity index (χ2v) is 4.57. The molecule has 0 saturated carbocycles. The van der Waals surface area contributed by atoms with E-state index in [1.807, 2.05) is 55.5 Å². The molecular weight excluding hydrogens is 351 g/mol. The number of para-hydroxylation sites is 1. The topological polar surface area (TPSA) is 46.9 Å². The molecule has 0 atom stereocenters. The minimum Gasteiger partial charge on any atom is -0.477 e. The van der Waals surface area contributed by atoms with Gasteiger partial charge < -0.3 is 9.88 Å². The Labute approximate surface area is 155 Å². The van der Waals surface area contributed by atoms with E-state index in [9.17, 15) is 4.79 Å². The molecule has 1 aromatic carbocycles. The minimum atomic E-state index is -0.115. The summed E-state index contributed by atoms with van der Waals surface area (Å²) in [4.78, 5) is 15.4. The molecule has 3 aromatic rings. The average Bonchev–Trinajstić information content (AvgIpc) is 2.86. The third-order valence-electron chi connectivity index (χ3n) is 3.08. The fourth-order valence-corrected chi connectivity index (χ4v) is 1.97. The number of nitrogens with zero attached hydrogens (tertiary/aromatic N) is 2. The average molecular weight is 369 g/mol. The maximum Gasteiger partial charge on any atom is 0.211 e. The van der Waals surface area contributed by atoms with Gasteiger partial charge in [-0.25, -0.2) is 0 Å². The van der Waals surface area contributed by atoms with E-state index in [0.29, 0.717) is 5.69 Å². The number of pyridine rings is 1. The van der Waals surface area contributed by atoms with Gasteiger partial charge in [-0.2, -0.15) is 0 Å². The van der Waals surface area contributed by atoms with Crippen LogP contribution in [0, 0.1) is 14.0 Å². The molecule has 2 aromatic heterocycles. The predicted molar refractivity (Wildman–Crippen MR) is 85.1 cm³/mol. The number of carbonyl (C=O) groups is 1. The number of benzene rings is 1. The molecule has 0 aliphatic heterocycles. The van der Waals surface area contributed by atoms with Crippen molar-refractivity contribution in [1.82, 2.24) is 14.9 Å². The monoisotopic (exact) mass is 369 g/mol. The van der Waals surface area contributed by atoms with Crippen LogP contribution in [0.3, 0.4) is 0 Å². The maximum absolute atomic E-state index is 11.4. The molecule has 0 bridgehead atoms. The molecule has 4 nitrogen and oxygen atoms in total. The second kappa shape index (κ2) is 8.71. The van der Waals surface area contributed by atoms with Crippen molar-refractivity contribution >= 4 is 16.8 Å². The number of rotatable bonds is 1. The van der Waals surface area contributed by atoms with Gasteiger partial charge in [-0.3, -0.25) is 9.78 Å². The molecule has 0 aliphatic rings. The largest absolute Gasteiger partial charge is 0.477 e. The molecule has 5 heteroatoms. The smallest absolute Gasteiger partial charge is 0.211 e. The molecule has 0 spiro atoms. The molecule has 22 heavy (non-hydrogen) atoms. The van der Waals surface area contributed by atoms with Gasteiger partial charge in [-0.1, -0.05) is 47.3 Å². The molecule has 2 heterocycles. The van der Waals surface area contributed by atoms with Gasteiger partial charge in [0.05, 0.1) is 0 Å². The zero-order chi connectivity index (χ0) is 15.2. The van der Waals surface area contributed by atoms with E-state index in [1.165, 1.54) is 0 Å². The third kappa shape index (κ3) is 4.42. The van der Waals surface area contributed by atoms with Crippen LogP contribution in [-0.4, -0.2) is 22.5 Å².